The van der Waals surface area contributed by atoms with E-state index in [0.29, 0.717) is 12.1 Å². The standard InChI is InChI=1S/C20H18N4/c21-12-18-7-3-4-8-19(18)14-24-20(13-22-23-24)17-10-9-15-5-1-2-6-16(15)11-17/h3-4,7-11,13H,1-2,5-6,14H2. The molecule has 1 aliphatic carbocycles. The SMILES string of the molecule is N#Cc1ccccc1Cn1nncc1-c1ccc2c(c1)CCCC2. The highest BCUT2D eigenvalue weighted by atomic mass is 15.4. The Morgan fingerprint density at radius 1 is 1.04 bits per heavy atom. The maximum absolute atomic E-state index is 9.27. The normalized spacial score (nSPS) is 13.3. The summed E-state index contributed by atoms with van der Waals surface area (Å²) in [5.74, 6) is 0. The zero-order valence-corrected chi connectivity index (χ0v) is 13.4. The molecule has 1 heterocycles. The molecule has 0 amide bonds. The lowest BCUT2D eigenvalue weighted by molar-refractivity contribution is 0.654. The van der Waals surface area contributed by atoms with Crippen LogP contribution in [0.4, 0.5) is 0 Å². The molecule has 118 valence electrons. The van der Waals surface area contributed by atoms with Gasteiger partial charge >= 0.3 is 0 Å². The van der Waals surface area contributed by atoms with Crippen LogP contribution >= 0.6 is 0 Å². The number of rotatable bonds is 3. The molecule has 0 spiro atoms. The van der Waals surface area contributed by atoms with E-state index in [1.54, 1.807) is 6.20 Å². The molecule has 0 atom stereocenters. The summed E-state index contributed by atoms with van der Waals surface area (Å²) in [5.41, 5.74) is 6.71. The first-order valence-electron chi connectivity index (χ1n) is 8.34. The van der Waals surface area contributed by atoms with Crippen molar-refractivity contribution < 1.29 is 0 Å². The number of aryl methyl sites for hydroxylation is 2. The van der Waals surface area contributed by atoms with E-state index in [0.717, 1.165) is 23.2 Å². The Labute approximate surface area is 141 Å². The van der Waals surface area contributed by atoms with E-state index in [1.165, 1.54) is 30.4 Å². The number of nitrogens with zero attached hydrogens (tertiary/aromatic N) is 4. The molecule has 0 saturated carbocycles. The van der Waals surface area contributed by atoms with Crippen molar-refractivity contribution in [3.05, 3.63) is 70.9 Å². The second kappa shape index (κ2) is 6.29. The van der Waals surface area contributed by atoms with E-state index in [9.17, 15) is 5.26 Å². The van der Waals surface area contributed by atoms with Crippen LogP contribution in [-0.4, -0.2) is 15.0 Å². The molecule has 1 aliphatic rings. The number of hydrogen-bond acceptors (Lipinski definition) is 3. The van der Waals surface area contributed by atoms with Crippen molar-refractivity contribution in [2.75, 3.05) is 0 Å². The zero-order chi connectivity index (χ0) is 16.4. The molecule has 3 aromatic rings. The van der Waals surface area contributed by atoms with Crippen LogP contribution in [0.5, 0.6) is 0 Å². The van der Waals surface area contributed by atoms with E-state index in [2.05, 4.69) is 34.6 Å². The van der Waals surface area contributed by atoms with Gasteiger partial charge in [-0.3, -0.25) is 0 Å². The Bertz CT molecular complexity index is 917. The highest BCUT2D eigenvalue weighted by Crippen LogP contribution is 2.27. The third kappa shape index (κ3) is 2.69. The number of fused-ring (bicyclic) bond motifs is 1. The molecule has 4 nitrogen and oxygen atoms in total. The van der Waals surface area contributed by atoms with Gasteiger partial charge < -0.3 is 0 Å². The Kier molecular flexibility index (Phi) is 3.84. The van der Waals surface area contributed by atoms with Crippen molar-refractivity contribution in [3.8, 4) is 17.3 Å². The average Bonchev–Trinajstić information content (AvgIpc) is 3.10. The molecular weight excluding hydrogens is 296 g/mol. The van der Waals surface area contributed by atoms with Crippen LogP contribution in [0, 0.1) is 11.3 Å². The summed E-state index contributed by atoms with van der Waals surface area (Å²) in [6, 6.07) is 16.6. The largest absolute Gasteiger partial charge is 0.240 e. The molecule has 4 rings (SSSR count). The number of hydrogen-bond donors (Lipinski definition) is 0. The molecule has 24 heavy (non-hydrogen) atoms. The van der Waals surface area contributed by atoms with Gasteiger partial charge in [-0.05, 0) is 54.5 Å². The molecule has 0 N–H and O–H groups in total. The van der Waals surface area contributed by atoms with Crippen LogP contribution in [-0.2, 0) is 19.4 Å². The minimum atomic E-state index is 0.552. The number of nitriles is 1. The fourth-order valence-electron chi connectivity index (χ4n) is 3.42. The van der Waals surface area contributed by atoms with Crippen molar-refractivity contribution in [3.63, 3.8) is 0 Å². The lowest BCUT2D eigenvalue weighted by atomic mass is 9.90. The van der Waals surface area contributed by atoms with Crippen LogP contribution in [0.15, 0.2) is 48.7 Å². The Morgan fingerprint density at radius 2 is 1.88 bits per heavy atom. The Balaban J connectivity index is 1.69. The summed E-state index contributed by atoms with van der Waals surface area (Å²) in [5, 5.41) is 17.6. The van der Waals surface area contributed by atoms with Gasteiger partial charge in [0.05, 0.1) is 30.1 Å². The van der Waals surface area contributed by atoms with Crippen molar-refractivity contribution in [2.45, 2.75) is 32.2 Å². The van der Waals surface area contributed by atoms with Gasteiger partial charge in [0.15, 0.2) is 0 Å². The molecule has 0 unspecified atom stereocenters. The molecule has 0 radical (unpaired) electrons. The molecule has 2 aromatic carbocycles. The van der Waals surface area contributed by atoms with Crippen molar-refractivity contribution in [1.82, 2.24) is 15.0 Å². The van der Waals surface area contributed by atoms with Gasteiger partial charge in [-0.25, -0.2) is 4.68 Å². The summed E-state index contributed by atoms with van der Waals surface area (Å²) < 4.78 is 1.88. The zero-order valence-electron chi connectivity index (χ0n) is 13.4. The Morgan fingerprint density at radius 3 is 2.75 bits per heavy atom. The van der Waals surface area contributed by atoms with Crippen molar-refractivity contribution >= 4 is 0 Å². The minimum Gasteiger partial charge on any atom is -0.240 e. The minimum absolute atomic E-state index is 0.552. The lowest BCUT2D eigenvalue weighted by Gasteiger charge is -2.17. The summed E-state index contributed by atoms with van der Waals surface area (Å²) in [6.45, 7) is 0.552. The van der Waals surface area contributed by atoms with Gasteiger partial charge in [0, 0.05) is 5.56 Å². The molecule has 0 saturated heterocycles. The van der Waals surface area contributed by atoms with E-state index < -0.39 is 0 Å². The highest BCUT2D eigenvalue weighted by Gasteiger charge is 2.13. The number of benzene rings is 2. The van der Waals surface area contributed by atoms with Gasteiger partial charge in [0.25, 0.3) is 0 Å². The maximum Gasteiger partial charge on any atom is 0.0995 e. The quantitative estimate of drug-likeness (QED) is 0.740. The first-order chi connectivity index (χ1) is 11.8. The molecule has 0 bridgehead atoms. The molecule has 0 aliphatic heterocycles. The average molecular weight is 314 g/mol. The smallest absolute Gasteiger partial charge is 0.0995 e. The van der Waals surface area contributed by atoms with Gasteiger partial charge in [0.2, 0.25) is 0 Å². The number of aromatic nitrogens is 3. The Hall–Kier alpha value is -2.93. The lowest BCUT2D eigenvalue weighted by Crippen LogP contribution is -2.07. The van der Waals surface area contributed by atoms with Crippen LogP contribution in [0.25, 0.3) is 11.3 Å². The highest BCUT2D eigenvalue weighted by molar-refractivity contribution is 5.61. The third-order valence-corrected chi connectivity index (χ3v) is 4.72. The summed E-state index contributed by atoms with van der Waals surface area (Å²) in [7, 11) is 0. The summed E-state index contributed by atoms with van der Waals surface area (Å²) in [4.78, 5) is 0. The molecule has 1 aromatic heterocycles. The first kappa shape index (κ1) is 14.6. The first-order valence-corrected chi connectivity index (χ1v) is 8.34. The second-order valence-electron chi connectivity index (χ2n) is 6.24. The second-order valence-corrected chi connectivity index (χ2v) is 6.24. The molecular formula is C20H18N4. The van der Waals surface area contributed by atoms with Crippen molar-refractivity contribution in [1.29, 1.82) is 5.26 Å². The summed E-state index contributed by atoms with van der Waals surface area (Å²) >= 11 is 0. The monoisotopic (exact) mass is 314 g/mol. The van der Waals surface area contributed by atoms with Gasteiger partial charge in [-0.15, -0.1) is 5.10 Å². The van der Waals surface area contributed by atoms with Gasteiger partial charge in [-0.2, -0.15) is 5.26 Å². The van der Waals surface area contributed by atoms with Crippen LogP contribution in [0.2, 0.25) is 0 Å². The van der Waals surface area contributed by atoms with Crippen LogP contribution in [0.1, 0.15) is 35.1 Å². The van der Waals surface area contributed by atoms with E-state index in [1.807, 2.05) is 28.9 Å². The van der Waals surface area contributed by atoms with E-state index >= 15 is 0 Å². The topological polar surface area (TPSA) is 54.5 Å². The molecule has 4 heteroatoms. The molecule has 0 fully saturated rings. The van der Waals surface area contributed by atoms with E-state index in [4.69, 9.17) is 0 Å². The van der Waals surface area contributed by atoms with Crippen molar-refractivity contribution in [2.24, 2.45) is 0 Å². The fraction of sp³-hybridized carbons (Fsp3) is 0.250. The van der Waals surface area contributed by atoms with Crippen LogP contribution in [0.3, 0.4) is 0 Å². The maximum atomic E-state index is 9.27. The third-order valence-electron chi connectivity index (χ3n) is 4.72. The predicted molar refractivity (Wildman–Crippen MR) is 92.4 cm³/mol. The summed E-state index contributed by atoms with van der Waals surface area (Å²) in [6.07, 6.45) is 6.70. The fourth-order valence-corrected chi connectivity index (χ4v) is 3.42. The van der Waals surface area contributed by atoms with E-state index in [-0.39, 0.29) is 0 Å². The predicted octanol–water partition coefficient (Wildman–Crippen LogP) is 3.74. The van der Waals surface area contributed by atoms with Gasteiger partial charge in [-0.1, -0.05) is 35.5 Å². The van der Waals surface area contributed by atoms with Crippen LogP contribution < -0.4 is 0 Å². The van der Waals surface area contributed by atoms with Gasteiger partial charge in [0.1, 0.15) is 0 Å².